The van der Waals surface area contributed by atoms with Gasteiger partial charge in [-0.05, 0) is 26.0 Å². The van der Waals surface area contributed by atoms with E-state index >= 15 is 0 Å². The maximum absolute atomic E-state index is 11.9. The van der Waals surface area contributed by atoms with Crippen LogP contribution in [0.25, 0.3) is 0 Å². The first kappa shape index (κ1) is 16.7. The Morgan fingerprint density at radius 1 is 1.35 bits per heavy atom. The Kier molecular flexibility index (Phi) is 6.16. The fourth-order valence-electron chi connectivity index (χ4n) is 1.73. The van der Waals surface area contributed by atoms with Crippen LogP contribution in [0.3, 0.4) is 0 Å². The average Bonchev–Trinajstić information content (AvgIpc) is 2.37. The smallest absolute Gasteiger partial charge is 0.317 e. The molecule has 0 saturated heterocycles. The molecular weight excluding hydrogens is 276 g/mol. The zero-order valence-electron chi connectivity index (χ0n) is 12.1. The number of nitrogens with one attached hydrogen (secondary N) is 1. The lowest BCUT2D eigenvalue weighted by Gasteiger charge is -2.25. The van der Waals surface area contributed by atoms with E-state index < -0.39 is 16.4 Å². The van der Waals surface area contributed by atoms with E-state index in [9.17, 15) is 14.1 Å². The molecule has 1 aromatic rings. The second kappa shape index (κ2) is 7.40. The maximum Gasteiger partial charge on any atom is 0.317 e. The van der Waals surface area contributed by atoms with Gasteiger partial charge in [-0.3, -0.25) is 4.21 Å². The van der Waals surface area contributed by atoms with E-state index in [1.165, 1.54) is 4.90 Å². The van der Waals surface area contributed by atoms with Crippen LogP contribution in [0.2, 0.25) is 0 Å². The largest absolute Gasteiger partial charge is 0.389 e. The van der Waals surface area contributed by atoms with E-state index in [1.807, 2.05) is 18.2 Å². The van der Waals surface area contributed by atoms with E-state index in [1.54, 1.807) is 33.0 Å². The van der Waals surface area contributed by atoms with Crippen molar-refractivity contribution in [3.05, 3.63) is 30.3 Å². The van der Waals surface area contributed by atoms with Gasteiger partial charge in [0.05, 0.1) is 22.9 Å². The topological polar surface area (TPSA) is 69.6 Å². The number of benzene rings is 1. The van der Waals surface area contributed by atoms with E-state index in [0.29, 0.717) is 12.3 Å². The molecule has 6 heteroatoms. The number of carbonyl (C=O) groups excluding carboxylic acids is 1. The lowest BCUT2D eigenvalue weighted by Crippen LogP contribution is -2.45. The molecule has 0 unspecified atom stereocenters. The SMILES string of the molecule is CN(CC(C)(C)O)C(=O)NCC[S@](=O)c1ccccc1. The van der Waals surface area contributed by atoms with Gasteiger partial charge in [-0.25, -0.2) is 4.79 Å². The summed E-state index contributed by atoms with van der Waals surface area (Å²) in [4.78, 5) is 13.9. The van der Waals surface area contributed by atoms with Crippen LogP contribution in [0.15, 0.2) is 35.2 Å². The predicted molar refractivity (Wildman–Crippen MR) is 80.0 cm³/mol. The highest BCUT2D eigenvalue weighted by Crippen LogP contribution is 2.05. The van der Waals surface area contributed by atoms with Crippen LogP contribution < -0.4 is 5.32 Å². The van der Waals surface area contributed by atoms with Gasteiger partial charge in [0.2, 0.25) is 0 Å². The lowest BCUT2D eigenvalue weighted by molar-refractivity contribution is 0.0533. The van der Waals surface area contributed by atoms with Crippen LogP contribution in [-0.2, 0) is 10.8 Å². The van der Waals surface area contributed by atoms with E-state index in [-0.39, 0.29) is 12.6 Å². The minimum atomic E-state index is -1.11. The molecule has 0 heterocycles. The molecule has 1 rings (SSSR count). The third-order valence-corrected chi connectivity index (χ3v) is 3.91. The number of hydrogen-bond donors (Lipinski definition) is 2. The fraction of sp³-hybridized carbons (Fsp3) is 0.500. The van der Waals surface area contributed by atoms with Crippen molar-refractivity contribution in [2.75, 3.05) is 25.9 Å². The molecule has 1 atom stereocenters. The van der Waals surface area contributed by atoms with Crippen LogP contribution in [0, 0.1) is 0 Å². The molecule has 1 aromatic carbocycles. The summed E-state index contributed by atoms with van der Waals surface area (Å²) < 4.78 is 11.9. The first-order valence-electron chi connectivity index (χ1n) is 6.44. The van der Waals surface area contributed by atoms with Crippen LogP contribution in [-0.4, -0.2) is 51.7 Å². The fourth-order valence-corrected chi connectivity index (χ4v) is 2.71. The third kappa shape index (κ3) is 6.16. The number of hydrogen-bond acceptors (Lipinski definition) is 3. The molecule has 0 saturated carbocycles. The normalized spacial score (nSPS) is 12.8. The lowest BCUT2D eigenvalue weighted by atomic mass is 10.1. The highest BCUT2D eigenvalue weighted by molar-refractivity contribution is 7.85. The highest BCUT2D eigenvalue weighted by Gasteiger charge is 2.19. The molecule has 0 aliphatic heterocycles. The number of amides is 2. The summed E-state index contributed by atoms with van der Waals surface area (Å²) in [5.41, 5.74) is -0.932. The van der Waals surface area contributed by atoms with Crippen molar-refractivity contribution in [3.8, 4) is 0 Å². The van der Waals surface area contributed by atoms with Crippen LogP contribution in [0.4, 0.5) is 4.79 Å². The second-order valence-corrected chi connectivity index (χ2v) is 6.83. The Bertz CT molecular complexity index is 457. The monoisotopic (exact) mass is 298 g/mol. The molecule has 0 fully saturated rings. The first-order chi connectivity index (χ1) is 9.29. The number of nitrogens with zero attached hydrogens (tertiary/aromatic N) is 1. The Balaban J connectivity index is 2.34. The Morgan fingerprint density at radius 2 is 1.95 bits per heavy atom. The van der Waals surface area contributed by atoms with Gasteiger partial charge < -0.3 is 15.3 Å². The number of likely N-dealkylation sites (N-methyl/N-ethyl adjacent to an activating group) is 1. The van der Waals surface area contributed by atoms with Crippen molar-refractivity contribution in [2.45, 2.75) is 24.3 Å². The van der Waals surface area contributed by atoms with E-state index in [0.717, 1.165) is 4.90 Å². The highest BCUT2D eigenvalue weighted by atomic mass is 32.2. The Morgan fingerprint density at radius 3 is 2.50 bits per heavy atom. The molecule has 2 amide bonds. The van der Waals surface area contributed by atoms with Gasteiger partial charge in [-0.2, -0.15) is 0 Å². The molecule has 20 heavy (non-hydrogen) atoms. The Hall–Kier alpha value is -1.40. The number of urea groups is 1. The van der Waals surface area contributed by atoms with Crippen LogP contribution in [0.1, 0.15) is 13.8 Å². The molecular formula is C14H22N2O3S. The van der Waals surface area contributed by atoms with Gasteiger partial charge in [0.25, 0.3) is 0 Å². The molecule has 0 radical (unpaired) electrons. The summed E-state index contributed by atoms with van der Waals surface area (Å²) in [5.74, 6) is 0.367. The van der Waals surface area contributed by atoms with Crippen LogP contribution >= 0.6 is 0 Å². The summed E-state index contributed by atoms with van der Waals surface area (Å²) >= 11 is 0. The molecule has 5 nitrogen and oxygen atoms in total. The van der Waals surface area contributed by atoms with Gasteiger partial charge in [0.15, 0.2) is 0 Å². The number of aliphatic hydroxyl groups is 1. The Labute approximate surface area is 122 Å². The minimum absolute atomic E-state index is 0.237. The molecule has 0 aromatic heterocycles. The zero-order valence-corrected chi connectivity index (χ0v) is 12.9. The van der Waals surface area contributed by atoms with Crippen molar-refractivity contribution in [1.29, 1.82) is 0 Å². The summed E-state index contributed by atoms with van der Waals surface area (Å²) in [5, 5.41) is 12.3. The second-order valence-electron chi connectivity index (χ2n) is 5.26. The number of rotatable bonds is 6. The summed E-state index contributed by atoms with van der Waals surface area (Å²) in [6, 6.07) is 8.87. The zero-order chi connectivity index (χ0) is 15.2. The maximum atomic E-state index is 11.9. The predicted octanol–water partition coefficient (Wildman–Crippen LogP) is 1.21. The van der Waals surface area contributed by atoms with Gasteiger partial charge in [-0.1, -0.05) is 18.2 Å². The van der Waals surface area contributed by atoms with Crippen molar-refractivity contribution in [3.63, 3.8) is 0 Å². The van der Waals surface area contributed by atoms with Crippen LogP contribution in [0.5, 0.6) is 0 Å². The standard InChI is InChI=1S/C14H22N2O3S/c1-14(2,18)11-16(3)13(17)15-9-10-20(19)12-7-5-4-6-8-12/h4-8,18H,9-11H2,1-3H3,(H,15,17)/t20-/m0/s1. The van der Waals surface area contributed by atoms with Crippen molar-refractivity contribution in [2.24, 2.45) is 0 Å². The van der Waals surface area contributed by atoms with Gasteiger partial charge >= 0.3 is 6.03 Å². The van der Waals surface area contributed by atoms with E-state index in [4.69, 9.17) is 0 Å². The number of carbonyl (C=O) groups is 1. The van der Waals surface area contributed by atoms with E-state index in [2.05, 4.69) is 5.32 Å². The molecule has 0 spiro atoms. The van der Waals surface area contributed by atoms with Crippen molar-refractivity contribution in [1.82, 2.24) is 10.2 Å². The molecule has 2 N–H and O–H groups in total. The molecule has 0 bridgehead atoms. The molecule has 112 valence electrons. The van der Waals surface area contributed by atoms with Gasteiger partial charge in [0, 0.05) is 24.2 Å². The summed E-state index contributed by atoms with van der Waals surface area (Å²) in [7, 11) is 0.498. The van der Waals surface area contributed by atoms with Gasteiger partial charge in [-0.15, -0.1) is 0 Å². The summed E-state index contributed by atoms with van der Waals surface area (Å²) in [6.07, 6.45) is 0. The van der Waals surface area contributed by atoms with Crippen molar-refractivity contribution < 1.29 is 14.1 Å². The molecule has 0 aliphatic rings. The van der Waals surface area contributed by atoms with Gasteiger partial charge in [0.1, 0.15) is 0 Å². The third-order valence-electron chi connectivity index (χ3n) is 2.54. The molecule has 0 aliphatic carbocycles. The minimum Gasteiger partial charge on any atom is -0.389 e. The first-order valence-corrected chi connectivity index (χ1v) is 7.76. The quantitative estimate of drug-likeness (QED) is 0.829. The average molecular weight is 298 g/mol. The summed E-state index contributed by atoms with van der Waals surface area (Å²) in [6.45, 7) is 3.85. The van der Waals surface area contributed by atoms with Crippen molar-refractivity contribution >= 4 is 16.8 Å².